The van der Waals surface area contributed by atoms with Crippen molar-refractivity contribution in [1.82, 2.24) is 0 Å². The van der Waals surface area contributed by atoms with Crippen LogP contribution in [0.1, 0.15) is 44.4 Å². The molecule has 0 spiro atoms. The zero-order valence-corrected chi connectivity index (χ0v) is 16.9. The quantitative estimate of drug-likeness (QED) is 0.493. The van der Waals surface area contributed by atoms with Gasteiger partial charge in [-0.05, 0) is 48.9 Å². The van der Waals surface area contributed by atoms with Crippen LogP contribution in [0.4, 0.5) is 11.4 Å². The van der Waals surface area contributed by atoms with Crippen molar-refractivity contribution in [1.29, 1.82) is 0 Å². The molecule has 3 rings (SSSR count). The molecule has 158 valence electrons. The minimum absolute atomic E-state index is 0.0266. The molecule has 7 nitrogen and oxygen atoms in total. The molecule has 7 heteroatoms. The molecule has 31 heavy (non-hydrogen) atoms. The van der Waals surface area contributed by atoms with Crippen LogP contribution >= 0.6 is 0 Å². The first-order chi connectivity index (χ1) is 15.0. The number of carbonyl (C=O) groups excluding carboxylic acids is 2. The molecule has 2 amide bonds. The fourth-order valence-corrected chi connectivity index (χ4v) is 2.90. The minimum atomic E-state index is -1.15. The van der Waals surface area contributed by atoms with Crippen LogP contribution in [0, 0.1) is 0 Å². The van der Waals surface area contributed by atoms with Gasteiger partial charge in [0.25, 0.3) is 11.8 Å². The fourth-order valence-electron chi connectivity index (χ4n) is 2.90. The molecule has 0 aliphatic carbocycles. The number of ether oxygens (including phenoxy) is 1. The Labute approximate surface area is 179 Å². The number of carboxylic acid groups (broad SMARTS) is 1. The van der Waals surface area contributed by atoms with Gasteiger partial charge in [-0.15, -0.1) is 0 Å². The molecular weight excluding hydrogens is 396 g/mol. The maximum absolute atomic E-state index is 12.8. The molecule has 0 bridgehead atoms. The van der Waals surface area contributed by atoms with Gasteiger partial charge in [0, 0.05) is 5.56 Å². The Hall–Kier alpha value is -4.13. The lowest BCUT2D eigenvalue weighted by atomic mass is 10.1. The summed E-state index contributed by atoms with van der Waals surface area (Å²) in [6.07, 6.45) is 0.851. The second kappa shape index (κ2) is 10.1. The van der Waals surface area contributed by atoms with E-state index < -0.39 is 17.8 Å². The summed E-state index contributed by atoms with van der Waals surface area (Å²) in [5.41, 5.74) is 1.04. The minimum Gasteiger partial charge on any atom is -0.494 e. The number of amides is 2. The largest absolute Gasteiger partial charge is 0.494 e. The summed E-state index contributed by atoms with van der Waals surface area (Å²) in [6.45, 7) is 2.54. The Bertz CT molecular complexity index is 1110. The Morgan fingerprint density at radius 3 is 2.10 bits per heavy atom. The maximum atomic E-state index is 12.8. The van der Waals surface area contributed by atoms with E-state index in [9.17, 15) is 19.5 Å². The lowest BCUT2D eigenvalue weighted by molar-refractivity contribution is 0.0697. The summed E-state index contributed by atoms with van der Waals surface area (Å²) in [5.74, 6) is -1.49. The smallest absolute Gasteiger partial charge is 0.337 e. The van der Waals surface area contributed by atoms with Crippen LogP contribution in [-0.2, 0) is 0 Å². The monoisotopic (exact) mass is 418 g/mol. The van der Waals surface area contributed by atoms with Crippen LogP contribution in [0.25, 0.3) is 0 Å². The molecule has 0 heterocycles. The molecule has 0 fully saturated rings. The highest BCUT2D eigenvalue weighted by Crippen LogP contribution is 2.21. The van der Waals surface area contributed by atoms with Crippen molar-refractivity contribution >= 4 is 29.2 Å². The third-order valence-electron chi connectivity index (χ3n) is 4.39. The van der Waals surface area contributed by atoms with E-state index in [1.165, 1.54) is 12.1 Å². The molecule has 3 N–H and O–H groups in total. The van der Waals surface area contributed by atoms with Crippen molar-refractivity contribution in [3.8, 4) is 5.75 Å². The van der Waals surface area contributed by atoms with E-state index >= 15 is 0 Å². The lowest BCUT2D eigenvalue weighted by Crippen LogP contribution is -2.19. The summed E-state index contributed by atoms with van der Waals surface area (Å²) in [6, 6.07) is 19.4. The first-order valence-electron chi connectivity index (χ1n) is 9.76. The van der Waals surface area contributed by atoms with Crippen LogP contribution in [0.2, 0.25) is 0 Å². The number of hydrogen-bond donors (Lipinski definition) is 3. The molecule has 3 aromatic carbocycles. The third-order valence-corrected chi connectivity index (χ3v) is 4.39. The van der Waals surface area contributed by atoms with E-state index in [-0.39, 0.29) is 16.8 Å². The maximum Gasteiger partial charge on any atom is 0.337 e. The zero-order valence-electron chi connectivity index (χ0n) is 16.9. The summed E-state index contributed by atoms with van der Waals surface area (Å²) in [4.78, 5) is 36.9. The van der Waals surface area contributed by atoms with Gasteiger partial charge in [-0.3, -0.25) is 9.59 Å². The first kappa shape index (κ1) is 21.6. The van der Waals surface area contributed by atoms with E-state index in [1.807, 2.05) is 6.92 Å². The highest BCUT2D eigenvalue weighted by atomic mass is 16.5. The lowest BCUT2D eigenvalue weighted by Gasteiger charge is -2.13. The van der Waals surface area contributed by atoms with Crippen LogP contribution in [0.3, 0.4) is 0 Å². The average Bonchev–Trinajstić information content (AvgIpc) is 2.78. The van der Waals surface area contributed by atoms with Gasteiger partial charge in [0.2, 0.25) is 0 Å². The third kappa shape index (κ3) is 5.48. The number of benzene rings is 3. The second-order valence-electron chi connectivity index (χ2n) is 6.68. The first-order valence-corrected chi connectivity index (χ1v) is 9.76. The average molecular weight is 418 g/mol. The molecule has 0 radical (unpaired) electrons. The molecule has 3 aromatic rings. The topological polar surface area (TPSA) is 105 Å². The molecule has 0 aliphatic rings. The molecular formula is C24H22N2O5. The summed E-state index contributed by atoms with van der Waals surface area (Å²) in [7, 11) is 0. The molecule has 0 atom stereocenters. The van der Waals surface area contributed by atoms with Crippen LogP contribution < -0.4 is 15.4 Å². The van der Waals surface area contributed by atoms with Crippen molar-refractivity contribution in [2.24, 2.45) is 0 Å². The second-order valence-corrected chi connectivity index (χ2v) is 6.68. The highest BCUT2D eigenvalue weighted by Gasteiger charge is 2.17. The SMILES string of the molecule is CCCOc1cccc(C(=O)Nc2ccccc2C(=O)Nc2ccccc2C(=O)O)c1. The van der Waals surface area contributed by atoms with E-state index in [2.05, 4.69) is 10.6 Å². The van der Waals surface area contributed by atoms with Gasteiger partial charge in [0.05, 0.1) is 29.1 Å². The molecule has 0 aliphatic heterocycles. The molecule has 0 unspecified atom stereocenters. The zero-order chi connectivity index (χ0) is 22.2. The van der Waals surface area contributed by atoms with Crippen molar-refractivity contribution < 1.29 is 24.2 Å². The van der Waals surface area contributed by atoms with Gasteiger partial charge in [0.15, 0.2) is 0 Å². The van der Waals surface area contributed by atoms with Gasteiger partial charge in [-0.2, -0.15) is 0 Å². The summed E-state index contributed by atoms with van der Waals surface area (Å²) in [5, 5.41) is 14.7. The van der Waals surface area contributed by atoms with Gasteiger partial charge in [-0.1, -0.05) is 37.3 Å². The molecule has 0 saturated carbocycles. The Morgan fingerprint density at radius 2 is 1.42 bits per heavy atom. The van der Waals surface area contributed by atoms with Crippen LogP contribution in [0.15, 0.2) is 72.8 Å². The van der Waals surface area contributed by atoms with Crippen LogP contribution in [-0.4, -0.2) is 29.5 Å². The van der Waals surface area contributed by atoms with Crippen molar-refractivity contribution in [3.63, 3.8) is 0 Å². The Balaban J connectivity index is 1.80. The number of hydrogen-bond acceptors (Lipinski definition) is 4. The van der Waals surface area contributed by atoms with Crippen molar-refractivity contribution in [2.75, 3.05) is 17.2 Å². The molecule has 0 saturated heterocycles. The normalized spacial score (nSPS) is 10.2. The highest BCUT2D eigenvalue weighted by molar-refractivity contribution is 6.13. The summed E-state index contributed by atoms with van der Waals surface area (Å²) >= 11 is 0. The van der Waals surface area contributed by atoms with Gasteiger partial charge < -0.3 is 20.5 Å². The van der Waals surface area contributed by atoms with Crippen LogP contribution in [0.5, 0.6) is 5.75 Å². The summed E-state index contributed by atoms with van der Waals surface area (Å²) < 4.78 is 5.56. The predicted molar refractivity (Wildman–Crippen MR) is 118 cm³/mol. The number of para-hydroxylation sites is 2. The van der Waals surface area contributed by atoms with Crippen molar-refractivity contribution in [3.05, 3.63) is 89.5 Å². The van der Waals surface area contributed by atoms with E-state index in [4.69, 9.17) is 4.74 Å². The standard InChI is InChI=1S/C24H22N2O5/c1-2-14-31-17-9-7-8-16(15-17)22(27)25-20-12-5-3-10-18(20)23(28)26-21-13-6-4-11-19(21)24(29)30/h3-13,15H,2,14H2,1H3,(H,25,27)(H,26,28)(H,29,30). The van der Waals surface area contributed by atoms with E-state index in [1.54, 1.807) is 60.7 Å². The predicted octanol–water partition coefficient (Wildman–Crippen LogP) is 4.68. The number of rotatable bonds is 8. The fraction of sp³-hybridized carbons (Fsp3) is 0.125. The Morgan fingerprint density at radius 1 is 0.806 bits per heavy atom. The van der Waals surface area contributed by atoms with Gasteiger partial charge >= 0.3 is 5.97 Å². The number of aromatic carboxylic acids is 1. The van der Waals surface area contributed by atoms with E-state index in [0.717, 1.165) is 6.42 Å². The number of carbonyl (C=O) groups is 3. The van der Waals surface area contributed by atoms with Crippen molar-refractivity contribution in [2.45, 2.75) is 13.3 Å². The Kier molecular flexibility index (Phi) is 7.01. The number of anilines is 2. The number of carboxylic acids is 1. The van der Waals surface area contributed by atoms with E-state index in [0.29, 0.717) is 23.6 Å². The van der Waals surface area contributed by atoms with Gasteiger partial charge in [-0.25, -0.2) is 4.79 Å². The number of nitrogens with one attached hydrogen (secondary N) is 2. The molecule has 0 aromatic heterocycles. The van der Waals surface area contributed by atoms with Gasteiger partial charge in [0.1, 0.15) is 5.75 Å².